The molecular weight excluding hydrogens is 240 g/mol. The van der Waals surface area contributed by atoms with Crippen LogP contribution in [0.3, 0.4) is 0 Å². The summed E-state index contributed by atoms with van der Waals surface area (Å²) in [6.45, 7) is 5.40. The fourth-order valence-electron chi connectivity index (χ4n) is 2.59. The Morgan fingerprint density at radius 1 is 1.47 bits per heavy atom. The molecule has 1 aromatic heterocycles. The summed E-state index contributed by atoms with van der Waals surface area (Å²) in [5.41, 5.74) is 6.76. The van der Waals surface area contributed by atoms with Gasteiger partial charge < -0.3 is 15.7 Å². The van der Waals surface area contributed by atoms with E-state index in [9.17, 15) is 5.11 Å². The number of rotatable bonds is 2. The fourth-order valence-corrected chi connectivity index (χ4v) is 2.59. The zero-order valence-corrected chi connectivity index (χ0v) is 11.6. The van der Waals surface area contributed by atoms with Crippen molar-refractivity contribution in [2.45, 2.75) is 38.7 Å². The second-order valence-electron chi connectivity index (χ2n) is 5.58. The van der Waals surface area contributed by atoms with Gasteiger partial charge in [-0.05, 0) is 44.7 Å². The van der Waals surface area contributed by atoms with Gasteiger partial charge in [-0.15, -0.1) is 0 Å². The zero-order chi connectivity index (χ0) is 14.0. The van der Waals surface area contributed by atoms with Gasteiger partial charge in [-0.1, -0.05) is 0 Å². The fraction of sp³-hybridized carbons (Fsp3) is 0.571. The first-order chi connectivity index (χ1) is 8.91. The van der Waals surface area contributed by atoms with Crippen LogP contribution < -0.4 is 10.6 Å². The average molecular weight is 262 g/mol. The summed E-state index contributed by atoms with van der Waals surface area (Å²) in [6.07, 6.45) is 4.17. The molecule has 19 heavy (non-hydrogen) atoms. The van der Waals surface area contributed by atoms with Crippen LogP contribution in [0.4, 0.5) is 5.82 Å². The number of nitrogen functional groups attached to an aromatic ring is 1. The highest BCUT2D eigenvalue weighted by Gasteiger charge is 2.27. The van der Waals surface area contributed by atoms with Crippen molar-refractivity contribution in [1.29, 1.82) is 5.41 Å². The van der Waals surface area contributed by atoms with Crippen molar-refractivity contribution in [2.75, 3.05) is 18.0 Å². The van der Waals surface area contributed by atoms with Gasteiger partial charge in [-0.3, -0.25) is 5.41 Å². The lowest BCUT2D eigenvalue weighted by Gasteiger charge is -2.25. The number of nitrogens with two attached hydrogens (primary N) is 1. The highest BCUT2D eigenvalue weighted by molar-refractivity contribution is 6.01. The maximum atomic E-state index is 10.1. The van der Waals surface area contributed by atoms with Gasteiger partial charge in [0, 0.05) is 19.3 Å². The van der Waals surface area contributed by atoms with Gasteiger partial charge in [-0.2, -0.15) is 0 Å². The number of nitrogens with zero attached hydrogens (tertiary/aromatic N) is 2. The molecule has 1 unspecified atom stereocenters. The van der Waals surface area contributed by atoms with Crippen LogP contribution in [0.5, 0.6) is 0 Å². The molecule has 1 atom stereocenters. The number of nitrogens with one attached hydrogen (secondary N) is 1. The van der Waals surface area contributed by atoms with Gasteiger partial charge in [0.1, 0.15) is 11.7 Å². The molecule has 0 aromatic carbocycles. The van der Waals surface area contributed by atoms with E-state index in [0.717, 1.165) is 37.3 Å². The van der Waals surface area contributed by atoms with Gasteiger partial charge in [0.25, 0.3) is 0 Å². The molecule has 0 saturated carbocycles. The molecule has 2 rings (SSSR count). The molecule has 1 aliphatic heterocycles. The Bertz CT molecular complexity index is 484. The van der Waals surface area contributed by atoms with Crippen LogP contribution in [0.2, 0.25) is 0 Å². The number of hydrogen-bond donors (Lipinski definition) is 3. The Labute approximate surface area is 114 Å². The number of aromatic nitrogens is 1. The predicted molar refractivity (Wildman–Crippen MR) is 76.7 cm³/mol. The number of aryl methyl sites for hydroxylation is 1. The van der Waals surface area contributed by atoms with Crippen LogP contribution >= 0.6 is 0 Å². The smallest absolute Gasteiger partial charge is 0.139 e. The Morgan fingerprint density at radius 3 is 2.89 bits per heavy atom. The highest BCUT2D eigenvalue weighted by Crippen LogP contribution is 2.27. The second kappa shape index (κ2) is 5.17. The maximum Gasteiger partial charge on any atom is 0.139 e. The standard InChI is InChI=1S/C14H22N4O/c1-10-4-7-17-13(11(10)12(15)16)18-8-3-5-14(2,19)6-9-18/h4,7,19H,3,5-6,8-9H2,1-2H3,(H3,15,16). The number of amidine groups is 1. The first-order valence-electron chi connectivity index (χ1n) is 6.68. The van der Waals surface area contributed by atoms with Crippen molar-refractivity contribution in [3.05, 3.63) is 23.4 Å². The minimum absolute atomic E-state index is 0.0524. The molecule has 1 aliphatic rings. The lowest BCUT2D eigenvalue weighted by molar-refractivity contribution is 0.0481. The summed E-state index contributed by atoms with van der Waals surface area (Å²) in [7, 11) is 0. The molecule has 2 heterocycles. The van der Waals surface area contributed by atoms with Crippen molar-refractivity contribution in [2.24, 2.45) is 5.73 Å². The zero-order valence-electron chi connectivity index (χ0n) is 11.6. The second-order valence-corrected chi connectivity index (χ2v) is 5.58. The van der Waals surface area contributed by atoms with E-state index >= 15 is 0 Å². The number of anilines is 1. The Balaban J connectivity index is 2.32. The van der Waals surface area contributed by atoms with Gasteiger partial charge in [-0.25, -0.2) is 4.98 Å². The van der Waals surface area contributed by atoms with E-state index in [0.29, 0.717) is 12.0 Å². The molecule has 5 heteroatoms. The predicted octanol–water partition coefficient (Wildman–Crippen LogP) is 1.42. The van der Waals surface area contributed by atoms with Gasteiger partial charge in [0.2, 0.25) is 0 Å². The van der Waals surface area contributed by atoms with E-state index in [1.807, 2.05) is 19.9 Å². The normalized spacial score (nSPS) is 24.1. The quantitative estimate of drug-likeness (QED) is 0.555. The molecule has 0 amide bonds. The molecule has 104 valence electrons. The van der Waals surface area contributed by atoms with Crippen LogP contribution in [-0.2, 0) is 0 Å². The van der Waals surface area contributed by atoms with E-state index < -0.39 is 5.60 Å². The van der Waals surface area contributed by atoms with Crippen LogP contribution in [0.25, 0.3) is 0 Å². The summed E-state index contributed by atoms with van der Waals surface area (Å²) in [6, 6.07) is 1.87. The highest BCUT2D eigenvalue weighted by atomic mass is 16.3. The van der Waals surface area contributed by atoms with Gasteiger partial charge >= 0.3 is 0 Å². The van der Waals surface area contributed by atoms with Gasteiger partial charge in [0.05, 0.1) is 11.2 Å². The molecule has 0 radical (unpaired) electrons. The summed E-state index contributed by atoms with van der Waals surface area (Å²) in [4.78, 5) is 6.53. The van der Waals surface area contributed by atoms with Crippen LogP contribution in [0, 0.1) is 12.3 Å². The summed E-state index contributed by atoms with van der Waals surface area (Å²) < 4.78 is 0. The first-order valence-corrected chi connectivity index (χ1v) is 6.68. The molecule has 1 fully saturated rings. The van der Waals surface area contributed by atoms with Crippen molar-refractivity contribution < 1.29 is 5.11 Å². The molecule has 1 aromatic rings. The lowest BCUT2D eigenvalue weighted by atomic mass is 9.98. The van der Waals surface area contributed by atoms with Crippen LogP contribution in [0.15, 0.2) is 12.3 Å². The van der Waals surface area contributed by atoms with Gasteiger partial charge in [0.15, 0.2) is 0 Å². The number of hydrogen-bond acceptors (Lipinski definition) is 4. The molecule has 1 saturated heterocycles. The van der Waals surface area contributed by atoms with E-state index in [4.69, 9.17) is 11.1 Å². The minimum Gasteiger partial charge on any atom is -0.390 e. The minimum atomic E-state index is -0.602. The molecular formula is C14H22N4O. The molecule has 0 bridgehead atoms. The van der Waals surface area contributed by atoms with Crippen LogP contribution in [-0.4, -0.2) is 34.6 Å². The van der Waals surface area contributed by atoms with Crippen LogP contribution in [0.1, 0.15) is 37.3 Å². The largest absolute Gasteiger partial charge is 0.390 e. The van der Waals surface area contributed by atoms with Crippen molar-refractivity contribution in [3.63, 3.8) is 0 Å². The average Bonchev–Trinajstić information content (AvgIpc) is 2.49. The Morgan fingerprint density at radius 2 is 2.21 bits per heavy atom. The van der Waals surface area contributed by atoms with Crippen molar-refractivity contribution >= 4 is 11.7 Å². The summed E-state index contributed by atoms with van der Waals surface area (Å²) >= 11 is 0. The third kappa shape index (κ3) is 3.04. The summed E-state index contributed by atoms with van der Waals surface area (Å²) in [5, 5.41) is 17.9. The molecule has 0 aliphatic carbocycles. The topological polar surface area (TPSA) is 86.2 Å². The SMILES string of the molecule is Cc1ccnc(N2CCCC(C)(O)CC2)c1C(=N)N. The maximum absolute atomic E-state index is 10.1. The van der Waals surface area contributed by atoms with E-state index in [1.165, 1.54) is 0 Å². The van der Waals surface area contributed by atoms with E-state index in [-0.39, 0.29) is 5.84 Å². The number of pyridine rings is 1. The Kier molecular flexibility index (Phi) is 3.75. The van der Waals surface area contributed by atoms with Crippen molar-refractivity contribution in [1.82, 2.24) is 4.98 Å². The monoisotopic (exact) mass is 262 g/mol. The van der Waals surface area contributed by atoms with Crippen molar-refractivity contribution in [3.8, 4) is 0 Å². The van der Waals surface area contributed by atoms with E-state index in [2.05, 4.69) is 9.88 Å². The molecule has 5 nitrogen and oxygen atoms in total. The lowest BCUT2D eigenvalue weighted by Crippen LogP contribution is -2.31. The number of aliphatic hydroxyl groups is 1. The Hall–Kier alpha value is -1.62. The van der Waals surface area contributed by atoms with E-state index in [1.54, 1.807) is 6.20 Å². The third-order valence-electron chi connectivity index (χ3n) is 3.77. The third-order valence-corrected chi connectivity index (χ3v) is 3.77. The molecule has 4 N–H and O–H groups in total. The first kappa shape index (κ1) is 13.8. The summed E-state index contributed by atoms with van der Waals surface area (Å²) in [5.74, 6) is 0.821. The molecule has 0 spiro atoms.